The van der Waals surface area contributed by atoms with Crippen molar-refractivity contribution in [2.24, 2.45) is 0 Å². The van der Waals surface area contributed by atoms with Gasteiger partial charge in [0.25, 0.3) is 5.91 Å². The lowest BCUT2D eigenvalue weighted by molar-refractivity contribution is -0.137. The number of hydrogen-bond donors (Lipinski definition) is 2. The highest BCUT2D eigenvalue weighted by atomic mass is 16.6. The minimum Gasteiger partial charge on any atom is -0.444 e. The molecule has 6 heteroatoms. The Morgan fingerprint density at radius 3 is 2.33 bits per heavy atom. The van der Waals surface area contributed by atoms with E-state index in [4.69, 9.17) is 9.47 Å². The monoisotopic (exact) mass is 376 g/mol. The number of benzene rings is 1. The first kappa shape index (κ1) is 21.2. The van der Waals surface area contributed by atoms with Crippen molar-refractivity contribution >= 4 is 12.0 Å². The maximum atomic E-state index is 12.7. The molecule has 150 valence electrons. The van der Waals surface area contributed by atoms with Crippen molar-refractivity contribution in [3.05, 3.63) is 35.9 Å². The molecule has 0 heterocycles. The number of hydrogen-bond acceptors (Lipinski definition) is 4. The number of alkyl carbamates (subject to hydrolysis) is 1. The van der Waals surface area contributed by atoms with Crippen molar-refractivity contribution in [1.82, 2.24) is 10.6 Å². The van der Waals surface area contributed by atoms with Gasteiger partial charge < -0.3 is 20.1 Å². The van der Waals surface area contributed by atoms with Crippen LogP contribution in [0.15, 0.2) is 30.3 Å². The highest BCUT2D eigenvalue weighted by molar-refractivity contribution is 5.82. The molecule has 0 spiro atoms. The molecule has 27 heavy (non-hydrogen) atoms. The third kappa shape index (κ3) is 7.99. The van der Waals surface area contributed by atoms with E-state index in [1.165, 1.54) is 0 Å². The summed E-state index contributed by atoms with van der Waals surface area (Å²) in [6.45, 7) is 6.36. The van der Waals surface area contributed by atoms with Gasteiger partial charge in [-0.3, -0.25) is 4.79 Å². The van der Waals surface area contributed by atoms with Crippen LogP contribution < -0.4 is 10.6 Å². The van der Waals surface area contributed by atoms with Gasteiger partial charge in [0.2, 0.25) is 0 Å². The van der Waals surface area contributed by atoms with Crippen LogP contribution in [0.1, 0.15) is 64.5 Å². The van der Waals surface area contributed by atoms with E-state index in [9.17, 15) is 9.59 Å². The van der Waals surface area contributed by atoms with Crippen molar-refractivity contribution in [2.75, 3.05) is 13.1 Å². The summed E-state index contributed by atoms with van der Waals surface area (Å²) in [5.41, 5.74) is 0.354. The third-order valence-electron chi connectivity index (χ3n) is 4.29. The second-order valence-corrected chi connectivity index (χ2v) is 7.91. The van der Waals surface area contributed by atoms with Crippen molar-refractivity contribution in [2.45, 2.75) is 70.7 Å². The normalized spacial score (nSPS) is 16.0. The van der Waals surface area contributed by atoms with Gasteiger partial charge in [-0.05, 0) is 45.6 Å². The molecule has 1 unspecified atom stereocenters. The topological polar surface area (TPSA) is 76.7 Å². The molecule has 2 N–H and O–H groups in total. The van der Waals surface area contributed by atoms with Crippen LogP contribution in [0.5, 0.6) is 0 Å². The Morgan fingerprint density at radius 1 is 1.07 bits per heavy atom. The zero-order valence-electron chi connectivity index (χ0n) is 16.6. The summed E-state index contributed by atoms with van der Waals surface area (Å²) in [6.07, 6.45) is 4.07. The maximum Gasteiger partial charge on any atom is 0.407 e. The molecule has 1 aromatic carbocycles. The minimum absolute atomic E-state index is 0.134. The van der Waals surface area contributed by atoms with Gasteiger partial charge in [0, 0.05) is 13.1 Å². The SMILES string of the molecule is CC(C)(C)OC(=O)NCCCNC(=O)C(OC1CCCC1)c1ccccc1. The van der Waals surface area contributed by atoms with Crippen LogP contribution in [0.2, 0.25) is 0 Å². The molecule has 0 saturated heterocycles. The Kier molecular flexibility index (Phi) is 8.10. The van der Waals surface area contributed by atoms with Crippen LogP contribution in [-0.4, -0.2) is 36.8 Å². The third-order valence-corrected chi connectivity index (χ3v) is 4.29. The smallest absolute Gasteiger partial charge is 0.407 e. The molecule has 1 aliphatic rings. The summed E-state index contributed by atoms with van der Waals surface area (Å²) >= 11 is 0. The lowest BCUT2D eigenvalue weighted by Gasteiger charge is -2.22. The molecule has 1 fully saturated rings. The van der Waals surface area contributed by atoms with Crippen molar-refractivity contribution in [3.63, 3.8) is 0 Å². The van der Waals surface area contributed by atoms with E-state index < -0.39 is 17.8 Å². The number of ether oxygens (including phenoxy) is 2. The zero-order valence-corrected chi connectivity index (χ0v) is 16.6. The summed E-state index contributed by atoms with van der Waals surface area (Å²) in [4.78, 5) is 24.3. The first-order valence-electron chi connectivity index (χ1n) is 9.80. The molecule has 1 atom stereocenters. The van der Waals surface area contributed by atoms with Gasteiger partial charge in [0.05, 0.1) is 6.10 Å². The summed E-state index contributed by atoms with van der Waals surface area (Å²) in [7, 11) is 0. The number of amides is 2. The van der Waals surface area contributed by atoms with E-state index in [1.54, 1.807) is 0 Å². The van der Waals surface area contributed by atoms with Crippen LogP contribution in [-0.2, 0) is 14.3 Å². The highest BCUT2D eigenvalue weighted by Gasteiger charge is 2.26. The second kappa shape index (κ2) is 10.3. The van der Waals surface area contributed by atoms with Gasteiger partial charge >= 0.3 is 6.09 Å². The van der Waals surface area contributed by atoms with E-state index in [-0.39, 0.29) is 12.0 Å². The number of carbonyl (C=O) groups excluding carboxylic acids is 2. The molecule has 0 aliphatic heterocycles. The van der Waals surface area contributed by atoms with Crippen LogP contribution in [0, 0.1) is 0 Å². The first-order chi connectivity index (χ1) is 12.8. The molecular formula is C21H32N2O4. The average Bonchev–Trinajstić information content (AvgIpc) is 3.11. The average molecular weight is 376 g/mol. The van der Waals surface area contributed by atoms with Crippen molar-refractivity contribution < 1.29 is 19.1 Å². The van der Waals surface area contributed by atoms with Crippen molar-refractivity contribution in [1.29, 1.82) is 0 Å². The van der Waals surface area contributed by atoms with Gasteiger partial charge in [0.1, 0.15) is 5.60 Å². The predicted octanol–water partition coefficient (Wildman–Crippen LogP) is 3.72. The summed E-state index contributed by atoms with van der Waals surface area (Å²) in [5, 5.41) is 5.61. The lowest BCUT2D eigenvalue weighted by Crippen LogP contribution is -2.36. The molecule has 0 bridgehead atoms. The number of nitrogens with one attached hydrogen (secondary N) is 2. The van der Waals surface area contributed by atoms with Crippen LogP contribution in [0.4, 0.5) is 4.79 Å². The molecule has 0 radical (unpaired) electrons. The van der Waals surface area contributed by atoms with E-state index in [0.717, 1.165) is 31.2 Å². The number of rotatable bonds is 8. The fourth-order valence-electron chi connectivity index (χ4n) is 3.03. The molecule has 1 aliphatic carbocycles. The van der Waals surface area contributed by atoms with E-state index in [1.807, 2.05) is 51.1 Å². The van der Waals surface area contributed by atoms with Crippen LogP contribution in [0.25, 0.3) is 0 Å². The Morgan fingerprint density at radius 2 is 1.70 bits per heavy atom. The van der Waals surface area contributed by atoms with E-state index >= 15 is 0 Å². The number of carbonyl (C=O) groups is 2. The first-order valence-corrected chi connectivity index (χ1v) is 9.80. The van der Waals surface area contributed by atoms with Crippen LogP contribution >= 0.6 is 0 Å². The molecule has 1 aromatic rings. The Bertz CT molecular complexity index is 592. The molecular weight excluding hydrogens is 344 g/mol. The van der Waals surface area contributed by atoms with E-state index in [0.29, 0.717) is 19.5 Å². The lowest BCUT2D eigenvalue weighted by atomic mass is 10.1. The standard InChI is InChI=1S/C21H32N2O4/c1-21(2,3)27-20(25)23-15-9-14-22-19(24)18(16-10-5-4-6-11-16)26-17-12-7-8-13-17/h4-6,10-11,17-18H,7-9,12-15H2,1-3H3,(H,22,24)(H,23,25). The molecule has 6 nitrogen and oxygen atoms in total. The van der Waals surface area contributed by atoms with Crippen molar-refractivity contribution in [3.8, 4) is 0 Å². The fourth-order valence-corrected chi connectivity index (χ4v) is 3.03. The van der Waals surface area contributed by atoms with Gasteiger partial charge in [-0.25, -0.2) is 4.79 Å². The Labute approximate surface area is 162 Å². The quantitative estimate of drug-likeness (QED) is 0.678. The molecule has 0 aromatic heterocycles. The van der Waals surface area contributed by atoms with E-state index in [2.05, 4.69) is 10.6 Å². The Balaban J connectivity index is 1.77. The Hall–Kier alpha value is -2.08. The highest BCUT2D eigenvalue weighted by Crippen LogP contribution is 2.28. The predicted molar refractivity (Wildman–Crippen MR) is 104 cm³/mol. The maximum absolute atomic E-state index is 12.7. The summed E-state index contributed by atoms with van der Waals surface area (Å²) in [6, 6.07) is 9.60. The summed E-state index contributed by atoms with van der Waals surface area (Å²) in [5.74, 6) is -0.134. The van der Waals surface area contributed by atoms with Gasteiger partial charge in [0.15, 0.2) is 6.10 Å². The second-order valence-electron chi connectivity index (χ2n) is 7.91. The van der Waals surface area contributed by atoms with Gasteiger partial charge in [-0.2, -0.15) is 0 Å². The fraction of sp³-hybridized carbons (Fsp3) is 0.619. The molecule has 2 amide bonds. The van der Waals surface area contributed by atoms with Gasteiger partial charge in [-0.1, -0.05) is 43.2 Å². The van der Waals surface area contributed by atoms with Gasteiger partial charge in [-0.15, -0.1) is 0 Å². The zero-order chi connectivity index (χ0) is 19.7. The minimum atomic E-state index is -0.590. The molecule has 1 saturated carbocycles. The molecule has 2 rings (SSSR count). The largest absolute Gasteiger partial charge is 0.444 e. The van der Waals surface area contributed by atoms with Crippen LogP contribution in [0.3, 0.4) is 0 Å². The summed E-state index contributed by atoms with van der Waals surface area (Å²) < 4.78 is 11.3.